The lowest BCUT2D eigenvalue weighted by Gasteiger charge is -2.26. The van der Waals surface area contributed by atoms with Gasteiger partial charge >= 0.3 is 0 Å². The maximum absolute atomic E-state index is 10.1. The first kappa shape index (κ1) is 9.95. The van der Waals surface area contributed by atoms with Crippen LogP contribution in [0.25, 0.3) is 0 Å². The van der Waals surface area contributed by atoms with Crippen LogP contribution in [0, 0.1) is 18.3 Å². The van der Waals surface area contributed by atoms with E-state index < -0.39 is 5.60 Å². The van der Waals surface area contributed by atoms with Crippen molar-refractivity contribution in [1.29, 1.82) is 0 Å². The average Bonchev–Trinajstić information content (AvgIpc) is 2.34. The SMILES string of the molecule is C#CCCCC1(O)CSCC1C. The number of unbranched alkanes of at least 4 members (excludes halogenated alkanes) is 1. The van der Waals surface area contributed by atoms with Gasteiger partial charge in [0.1, 0.15) is 0 Å². The van der Waals surface area contributed by atoms with Crippen molar-refractivity contribution in [3.63, 3.8) is 0 Å². The van der Waals surface area contributed by atoms with Crippen LogP contribution in [0.1, 0.15) is 26.2 Å². The number of hydrogen-bond acceptors (Lipinski definition) is 2. The van der Waals surface area contributed by atoms with Gasteiger partial charge in [-0.2, -0.15) is 11.8 Å². The molecule has 2 unspecified atom stereocenters. The molecule has 0 aromatic heterocycles. The van der Waals surface area contributed by atoms with Crippen molar-refractivity contribution < 1.29 is 5.11 Å². The van der Waals surface area contributed by atoms with Gasteiger partial charge in [-0.1, -0.05) is 6.92 Å². The Kier molecular flexibility index (Phi) is 3.49. The zero-order chi connectivity index (χ0) is 9.03. The third-order valence-corrected chi connectivity index (χ3v) is 4.01. The molecule has 1 fully saturated rings. The molecule has 0 aliphatic carbocycles. The highest BCUT2D eigenvalue weighted by molar-refractivity contribution is 7.99. The van der Waals surface area contributed by atoms with Crippen molar-refractivity contribution in [3.8, 4) is 12.3 Å². The minimum Gasteiger partial charge on any atom is -0.389 e. The second-order valence-corrected chi connectivity index (χ2v) is 4.61. The molecule has 0 aromatic rings. The van der Waals surface area contributed by atoms with Crippen molar-refractivity contribution in [2.24, 2.45) is 5.92 Å². The van der Waals surface area contributed by atoms with Gasteiger partial charge in [0.05, 0.1) is 5.60 Å². The summed E-state index contributed by atoms with van der Waals surface area (Å²) in [5, 5.41) is 10.1. The highest BCUT2D eigenvalue weighted by atomic mass is 32.2. The average molecular weight is 184 g/mol. The van der Waals surface area contributed by atoms with E-state index in [2.05, 4.69) is 12.8 Å². The van der Waals surface area contributed by atoms with Gasteiger partial charge in [0.2, 0.25) is 0 Å². The second kappa shape index (κ2) is 4.20. The van der Waals surface area contributed by atoms with Gasteiger partial charge in [-0.25, -0.2) is 0 Å². The van der Waals surface area contributed by atoms with E-state index in [4.69, 9.17) is 6.42 Å². The topological polar surface area (TPSA) is 20.2 Å². The highest BCUT2D eigenvalue weighted by Gasteiger charge is 2.37. The van der Waals surface area contributed by atoms with Gasteiger partial charge in [-0.15, -0.1) is 12.3 Å². The molecule has 68 valence electrons. The monoisotopic (exact) mass is 184 g/mol. The summed E-state index contributed by atoms with van der Waals surface area (Å²) in [5.74, 6) is 5.01. The molecule has 1 rings (SSSR count). The van der Waals surface area contributed by atoms with Gasteiger partial charge in [0.25, 0.3) is 0 Å². The van der Waals surface area contributed by atoms with Gasteiger partial charge in [-0.05, 0) is 24.5 Å². The van der Waals surface area contributed by atoms with Crippen LogP contribution in [-0.2, 0) is 0 Å². The zero-order valence-corrected chi connectivity index (χ0v) is 8.36. The van der Waals surface area contributed by atoms with Crippen LogP contribution < -0.4 is 0 Å². The lowest BCUT2D eigenvalue weighted by atomic mass is 9.87. The van der Waals surface area contributed by atoms with Crippen LogP contribution in [0.2, 0.25) is 0 Å². The maximum Gasteiger partial charge on any atom is 0.0771 e. The molecule has 1 heterocycles. The molecule has 2 heteroatoms. The van der Waals surface area contributed by atoms with E-state index in [1.807, 2.05) is 11.8 Å². The fourth-order valence-electron chi connectivity index (χ4n) is 1.52. The molecule has 0 radical (unpaired) electrons. The number of aliphatic hydroxyl groups is 1. The molecular weight excluding hydrogens is 168 g/mol. The van der Waals surface area contributed by atoms with E-state index in [0.29, 0.717) is 5.92 Å². The quantitative estimate of drug-likeness (QED) is 0.534. The summed E-state index contributed by atoms with van der Waals surface area (Å²) in [7, 11) is 0. The Morgan fingerprint density at radius 1 is 1.75 bits per heavy atom. The smallest absolute Gasteiger partial charge is 0.0771 e. The lowest BCUT2D eigenvalue weighted by Crippen LogP contribution is -2.35. The van der Waals surface area contributed by atoms with Gasteiger partial charge in [0.15, 0.2) is 0 Å². The number of terminal acetylenes is 1. The number of rotatable bonds is 3. The molecule has 1 nitrogen and oxygen atoms in total. The Labute approximate surface area is 78.9 Å². The lowest BCUT2D eigenvalue weighted by molar-refractivity contribution is 0.0176. The summed E-state index contributed by atoms with van der Waals surface area (Å²) in [6.45, 7) is 2.12. The summed E-state index contributed by atoms with van der Waals surface area (Å²) in [5.41, 5.74) is -0.429. The van der Waals surface area contributed by atoms with Crippen molar-refractivity contribution in [3.05, 3.63) is 0 Å². The van der Waals surface area contributed by atoms with E-state index in [0.717, 1.165) is 30.8 Å². The predicted octanol–water partition coefficient (Wildman–Crippen LogP) is 1.90. The van der Waals surface area contributed by atoms with Crippen molar-refractivity contribution in [1.82, 2.24) is 0 Å². The molecule has 0 bridgehead atoms. The normalized spacial score (nSPS) is 34.9. The maximum atomic E-state index is 10.1. The Morgan fingerprint density at radius 2 is 2.50 bits per heavy atom. The molecule has 0 saturated carbocycles. The molecule has 1 aliphatic rings. The first-order valence-corrected chi connectivity index (χ1v) is 5.58. The highest BCUT2D eigenvalue weighted by Crippen LogP contribution is 2.36. The van der Waals surface area contributed by atoms with Crippen molar-refractivity contribution in [2.75, 3.05) is 11.5 Å². The summed E-state index contributed by atoms with van der Waals surface area (Å²) < 4.78 is 0. The van der Waals surface area contributed by atoms with Crippen LogP contribution in [0.4, 0.5) is 0 Å². The van der Waals surface area contributed by atoms with E-state index >= 15 is 0 Å². The minimum absolute atomic E-state index is 0.429. The first-order valence-electron chi connectivity index (χ1n) is 4.42. The Hall–Kier alpha value is -0.130. The fraction of sp³-hybridized carbons (Fsp3) is 0.800. The van der Waals surface area contributed by atoms with Gasteiger partial charge in [0, 0.05) is 12.2 Å². The van der Waals surface area contributed by atoms with E-state index in [1.165, 1.54) is 0 Å². The molecule has 2 atom stereocenters. The molecule has 0 aromatic carbocycles. The fourth-order valence-corrected chi connectivity index (χ4v) is 3.09. The molecular formula is C10H16OS. The molecule has 1 saturated heterocycles. The third kappa shape index (κ3) is 2.18. The first-order chi connectivity index (χ1) is 5.69. The van der Waals surface area contributed by atoms with Crippen molar-refractivity contribution in [2.45, 2.75) is 31.8 Å². The molecule has 12 heavy (non-hydrogen) atoms. The van der Waals surface area contributed by atoms with E-state index in [9.17, 15) is 5.11 Å². The molecule has 1 N–H and O–H groups in total. The Morgan fingerprint density at radius 3 is 3.00 bits per heavy atom. The van der Waals surface area contributed by atoms with E-state index in [1.54, 1.807) is 0 Å². The summed E-state index contributed by atoms with van der Waals surface area (Å²) in [6, 6.07) is 0. The Balaban J connectivity index is 2.33. The molecule has 0 spiro atoms. The van der Waals surface area contributed by atoms with Crippen LogP contribution in [0.3, 0.4) is 0 Å². The minimum atomic E-state index is -0.429. The van der Waals surface area contributed by atoms with Crippen molar-refractivity contribution >= 4 is 11.8 Å². The van der Waals surface area contributed by atoms with Gasteiger partial charge in [-0.3, -0.25) is 0 Å². The summed E-state index contributed by atoms with van der Waals surface area (Å²) in [4.78, 5) is 0. The standard InChI is InChI=1S/C10H16OS/c1-3-4-5-6-10(11)8-12-7-9(10)2/h1,9,11H,4-8H2,2H3. The number of hydrogen-bond donors (Lipinski definition) is 1. The van der Waals surface area contributed by atoms with Crippen LogP contribution in [-0.4, -0.2) is 22.2 Å². The van der Waals surface area contributed by atoms with Crippen LogP contribution in [0.15, 0.2) is 0 Å². The Bertz CT molecular complexity index is 185. The van der Waals surface area contributed by atoms with Gasteiger partial charge < -0.3 is 5.11 Å². The third-order valence-electron chi connectivity index (χ3n) is 2.57. The molecule has 1 aliphatic heterocycles. The zero-order valence-electron chi connectivity index (χ0n) is 7.55. The van der Waals surface area contributed by atoms with Crippen LogP contribution in [0.5, 0.6) is 0 Å². The predicted molar refractivity (Wildman–Crippen MR) is 54.1 cm³/mol. The summed E-state index contributed by atoms with van der Waals surface area (Å²) in [6.07, 6.45) is 7.77. The van der Waals surface area contributed by atoms with Crippen LogP contribution >= 0.6 is 11.8 Å². The molecule has 0 amide bonds. The largest absolute Gasteiger partial charge is 0.389 e. The number of thioether (sulfide) groups is 1. The summed E-state index contributed by atoms with van der Waals surface area (Å²) >= 11 is 1.85. The van der Waals surface area contributed by atoms with E-state index in [-0.39, 0.29) is 0 Å². The second-order valence-electron chi connectivity index (χ2n) is 3.58.